The summed E-state index contributed by atoms with van der Waals surface area (Å²) >= 11 is 0. The first-order chi connectivity index (χ1) is 9.75. The van der Waals surface area contributed by atoms with E-state index in [1.54, 1.807) is 0 Å². The molecule has 0 aromatic heterocycles. The van der Waals surface area contributed by atoms with Gasteiger partial charge in [0.25, 0.3) is 0 Å². The summed E-state index contributed by atoms with van der Waals surface area (Å²) in [7, 11) is 0. The second-order valence-corrected chi connectivity index (χ2v) is 4.48. The molecule has 2 heteroatoms. The Labute approximate surface area is 119 Å². The van der Waals surface area contributed by atoms with E-state index in [0.717, 1.165) is 5.56 Å². The van der Waals surface area contributed by atoms with Crippen LogP contribution in [0, 0.1) is 11.8 Å². The molecule has 0 atom stereocenters. The van der Waals surface area contributed by atoms with Crippen molar-refractivity contribution in [2.45, 2.75) is 13.3 Å². The SMILES string of the molecule is CC(=O)NCCC#Cc1ccc(-c2ccccc2)cc1. The van der Waals surface area contributed by atoms with Crippen LogP contribution in [0.4, 0.5) is 0 Å². The molecule has 0 spiro atoms. The van der Waals surface area contributed by atoms with E-state index in [9.17, 15) is 4.79 Å². The largest absolute Gasteiger partial charge is 0.355 e. The maximum absolute atomic E-state index is 10.7. The monoisotopic (exact) mass is 263 g/mol. The van der Waals surface area contributed by atoms with Crippen molar-refractivity contribution in [2.75, 3.05) is 6.54 Å². The molecular formula is C18H17NO. The topological polar surface area (TPSA) is 29.1 Å². The van der Waals surface area contributed by atoms with Crippen molar-refractivity contribution in [3.05, 3.63) is 60.2 Å². The minimum Gasteiger partial charge on any atom is -0.355 e. The lowest BCUT2D eigenvalue weighted by molar-refractivity contribution is -0.118. The zero-order valence-electron chi connectivity index (χ0n) is 11.5. The summed E-state index contributed by atoms with van der Waals surface area (Å²) in [6.07, 6.45) is 0.667. The van der Waals surface area contributed by atoms with Crippen LogP contribution < -0.4 is 5.32 Å². The zero-order chi connectivity index (χ0) is 14.2. The van der Waals surface area contributed by atoms with Gasteiger partial charge in [0.1, 0.15) is 0 Å². The highest BCUT2D eigenvalue weighted by atomic mass is 16.1. The van der Waals surface area contributed by atoms with Gasteiger partial charge in [-0.05, 0) is 23.3 Å². The smallest absolute Gasteiger partial charge is 0.216 e. The molecular weight excluding hydrogens is 246 g/mol. The molecule has 0 saturated heterocycles. The van der Waals surface area contributed by atoms with Crippen molar-refractivity contribution in [1.29, 1.82) is 0 Å². The standard InChI is InChI=1S/C18H17NO/c1-15(20)19-14-6-5-7-16-10-12-18(13-11-16)17-8-3-2-4-9-17/h2-4,8-13H,6,14H2,1H3,(H,19,20). The van der Waals surface area contributed by atoms with Crippen LogP contribution in [0.25, 0.3) is 11.1 Å². The molecule has 2 aromatic carbocycles. The van der Waals surface area contributed by atoms with Crippen LogP contribution in [-0.4, -0.2) is 12.5 Å². The third kappa shape index (κ3) is 4.29. The van der Waals surface area contributed by atoms with Gasteiger partial charge in [-0.25, -0.2) is 0 Å². The molecule has 0 aliphatic rings. The van der Waals surface area contributed by atoms with E-state index in [1.807, 2.05) is 30.3 Å². The van der Waals surface area contributed by atoms with E-state index >= 15 is 0 Å². The summed E-state index contributed by atoms with van der Waals surface area (Å²) in [6.45, 7) is 2.11. The Hall–Kier alpha value is -2.53. The first-order valence-electron chi connectivity index (χ1n) is 6.64. The quantitative estimate of drug-likeness (QED) is 0.668. The molecule has 1 N–H and O–H groups in total. The van der Waals surface area contributed by atoms with Crippen LogP contribution in [0.2, 0.25) is 0 Å². The van der Waals surface area contributed by atoms with Crippen LogP contribution in [0.5, 0.6) is 0 Å². The Morgan fingerprint density at radius 1 is 1.00 bits per heavy atom. The normalized spacial score (nSPS) is 9.45. The van der Waals surface area contributed by atoms with Gasteiger partial charge in [-0.15, -0.1) is 0 Å². The molecule has 20 heavy (non-hydrogen) atoms. The fraction of sp³-hybridized carbons (Fsp3) is 0.167. The molecule has 0 saturated carbocycles. The van der Waals surface area contributed by atoms with Crippen molar-refractivity contribution >= 4 is 5.91 Å². The van der Waals surface area contributed by atoms with Crippen molar-refractivity contribution in [2.24, 2.45) is 0 Å². The number of carbonyl (C=O) groups excluding carboxylic acids is 1. The highest BCUT2D eigenvalue weighted by molar-refractivity contribution is 5.72. The van der Waals surface area contributed by atoms with E-state index in [1.165, 1.54) is 18.1 Å². The molecule has 0 aliphatic carbocycles. The second kappa shape index (κ2) is 7.16. The van der Waals surface area contributed by atoms with Crippen LogP contribution in [0.1, 0.15) is 18.9 Å². The maximum atomic E-state index is 10.7. The molecule has 2 rings (SSSR count). The molecule has 0 fully saturated rings. The van der Waals surface area contributed by atoms with Gasteiger partial charge in [0.05, 0.1) is 0 Å². The minimum atomic E-state index is -0.0148. The number of amides is 1. The van der Waals surface area contributed by atoms with Gasteiger partial charge < -0.3 is 5.32 Å². The molecule has 1 amide bonds. The van der Waals surface area contributed by atoms with Crippen LogP contribution >= 0.6 is 0 Å². The first-order valence-corrected chi connectivity index (χ1v) is 6.64. The molecule has 0 aliphatic heterocycles. The Bertz CT molecular complexity index is 618. The number of carbonyl (C=O) groups is 1. The van der Waals surface area contributed by atoms with E-state index < -0.39 is 0 Å². The van der Waals surface area contributed by atoms with Crippen molar-refractivity contribution in [3.8, 4) is 23.0 Å². The summed E-state index contributed by atoms with van der Waals surface area (Å²) < 4.78 is 0. The lowest BCUT2D eigenvalue weighted by Gasteiger charge is -2.00. The molecule has 2 nitrogen and oxygen atoms in total. The predicted molar refractivity (Wildman–Crippen MR) is 82.1 cm³/mol. The van der Waals surface area contributed by atoms with Crippen molar-refractivity contribution in [3.63, 3.8) is 0 Å². The molecule has 2 aromatic rings. The number of rotatable bonds is 3. The van der Waals surface area contributed by atoms with Crippen LogP contribution in [-0.2, 0) is 4.79 Å². The van der Waals surface area contributed by atoms with Gasteiger partial charge in [0.15, 0.2) is 0 Å². The van der Waals surface area contributed by atoms with Gasteiger partial charge in [-0.3, -0.25) is 4.79 Å². The maximum Gasteiger partial charge on any atom is 0.216 e. The van der Waals surface area contributed by atoms with Crippen LogP contribution in [0.3, 0.4) is 0 Å². The molecule has 0 radical (unpaired) electrons. The number of nitrogens with one attached hydrogen (secondary N) is 1. The minimum absolute atomic E-state index is 0.0148. The average Bonchev–Trinajstić information content (AvgIpc) is 2.48. The summed E-state index contributed by atoms with van der Waals surface area (Å²) in [5, 5.41) is 2.72. The Morgan fingerprint density at radius 3 is 2.30 bits per heavy atom. The summed E-state index contributed by atoms with van der Waals surface area (Å²) in [5.41, 5.74) is 3.39. The highest BCUT2D eigenvalue weighted by Gasteiger charge is 1.95. The van der Waals surface area contributed by atoms with Crippen molar-refractivity contribution in [1.82, 2.24) is 5.32 Å². The summed E-state index contributed by atoms with van der Waals surface area (Å²) in [4.78, 5) is 10.7. The lowest BCUT2D eigenvalue weighted by atomic mass is 10.0. The fourth-order valence-corrected chi connectivity index (χ4v) is 1.84. The molecule has 0 heterocycles. The Balaban J connectivity index is 1.95. The summed E-state index contributed by atoms with van der Waals surface area (Å²) in [5.74, 6) is 6.13. The van der Waals surface area contributed by atoms with E-state index in [2.05, 4.69) is 41.4 Å². The average molecular weight is 263 g/mol. The Morgan fingerprint density at radius 2 is 1.65 bits per heavy atom. The zero-order valence-corrected chi connectivity index (χ0v) is 11.5. The third-order valence-corrected chi connectivity index (χ3v) is 2.85. The predicted octanol–water partition coefficient (Wildman–Crippen LogP) is 3.23. The van der Waals surface area contributed by atoms with Gasteiger partial charge in [0.2, 0.25) is 5.91 Å². The molecule has 0 bridgehead atoms. The molecule has 0 unspecified atom stereocenters. The van der Waals surface area contributed by atoms with E-state index in [-0.39, 0.29) is 5.91 Å². The van der Waals surface area contributed by atoms with Gasteiger partial charge in [-0.2, -0.15) is 0 Å². The van der Waals surface area contributed by atoms with Crippen molar-refractivity contribution < 1.29 is 4.79 Å². The lowest BCUT2D eigenvalue weighted by Crippen LogP contribution is -2.20. The Kier molecular flexibility index (Phi) is 4.97. The number of benzene rings is 2. The van der Waals surface area contributed by atoms with E-state index in [0.29, 0.717) is 13.0 Å². The van der Waals surface area contributed by atoms with Crippen LogP contribution in [0.15, 0.2) is 54.6 Å². The fourth-order valence-electron chi connectivity index (χ4n) is 1.84. The summed E-state index contributed by atoms with van der Waals surface area (Å²) in [6, 6.07) is 18.5. The van der Waals surface area contributed by atoms with Gasteiger partial charge in [-0.1, -0.05) is 54.3 Å². The highest BCUT2D eigenvalue weighted by Crippen LogP contribution is 2.18. The number of hydrogen-bond donors (Lipinski definition) is 1. The second-order valence-electron chi connectivity index (χ2n) is 4.48. The van der Waals surface area contributed by atoms with Gasteiger partial charge in [0, 0.05) is 25.5 Å². The third-order valence-electron chi connectivity index (χ3n) is 2.85. The number of hydrogen-bond acceptors (Lipinski definition) is 1. The van der Waals surface area contributed by atoms with Gasteiger partial charge >= 0.3 is 0 Å². The van der Waals surface area contributed by atoms with E-state index in [4.69, 9.17) is 0 Å². The molecule has 100 valence electrons. The first kappa shape index (κ1) is 13.9.